The van der Waals surface area contributed by atoms with E-state index in [4.69, 9.17) is 0 Å². The summed E-state index contributed by atoms with van der Waals surface area (Å²) in [5, 5.41) is 17.9. The van der Waals surface area contributed by atoms with Gasteiger partial charge in [-0.05, 0) is 64.3 Å². The number of nitrogens with one attached hydrogen (secondary N) is 1. The van der Waals surface area contributed by atoms with Crippen molar-refractivity contribution in [3.05, 3.63) is 108 Å². The maximum absolute atomic E-state index is 11.9. The number of allylic oxidation sites excluding steroid dienone is 1. The molecule has 0 bridgehead atoms. The number of H-pyrrole nitrogens is 1. The Morgan fingerprint density at radius 3 is 2.34 bits per heavy atom. The van der Waals surface area contributed by atoms with Gasteiger partial charge in [-0.3, -0.25) is 5.10 Å². The van der Waals surface area contributed by atoms with E-state index >= 15 is 0 Å². The van der Waals surface area contributed by atoms with Crippen LogP contribution in [0.5, 0.6) is 0 Å². The van der Waals surface area contributed by atoms with Crippen LogP contribution in [0.3, 0.4) is 0 Å². The molecule has 1 aliphatic rings. The topological polar surface area (TPSA) is 66.0 Å². The van der Waals surface area contributed by atoms with Gasteiger partial charge in [0.1, 0.15) is 0 Å². The van der Waals surface area contributed by atoms with Gasteiger partial charge in [0.15, 0.2) is 0 Å². The van der Waals surface area contributed by atoms with Crippen LogP contribution in [0, 0.1) is 5.92 Å². The summed E-state index contributed by atoms with van der Waals surface area (Å²) in [4.78, 5) is 11.9. The summed E-state index contributed by atoms with van der Waals surface area (Å²) in [5.41, 5.74) is 7.19. The van der Waals surface area contributed by atoms with Crippen LogP contribution in [0.2, 0.25) is 0 Å². The van der Waals surface area contributed by atoms with E-state index in [-0.39, 0.29) is 5.57 Å². The highest BCUT2D eigenvalue weighted by Gasteiger charge is 2.28. The largest absolute Gasteiger partial charge is 0.478 e. The Hall–Kier alpha value is -3.92. The predicted octanol–water partition coefficient (Wildman–Crippen LogP) is 6.42. The minimum Gasteiger partial charge on any atom is -0.478 e. The van der Waals surface area contributed by atoms with Crippen LogP contribution in [0.25, 0.3) is 27.6 Å². The summed E-state index contributed by atoms with van der Waals surface area (Å²) in [6.07, 6.45) is 5.29. The van der Waals surface area contributed by atoms with Gasteiger partial charge in [-0.2, -0.15) is 5.10 Å². The van der Waals surface area contributed by atoms with Crippen molar-refractivity contribution in [3.8, 4) is 0 Å². The van der Waals surface area contributed by atoms with Crippen molar-refractivity contribution >= 4 is 33.6 Å². The van der Waals surface area contributed by atoms with E-state index in [1.807, 2.05) is 42.6 Å². The Bertz CT molecular complexity index is 1340. The van der Waals surface area contributed by atoms with Crippen LogP contribution in [0.1, 0.15) is 41.5 Å². The summed E-state index contributed by atoms with van der Waals surface area (Å²) in [6.45, 7) is 3.88. The second-order valence-corrected chi connectivity index (χ2v) is 8.28. The molecule has 1 aliphatic carbocycles. The van der Waals surface area contributed by atoms with Gasteiger partial charge in [0.05, 0.1) is 17.3 Å². The molecule has 0 radical (unpaired) electrons. The number of aromatic amines is 1. The van der Waals surface area contributed by atoms with Crippen molar-refractivity contribution in [2.24, 2.45) is 5.92 Å². The first-order valence-electron chi connectivity index (χ1n) is 10.9. The Kier molecular flexibility index (Phi) is 5.20. The molecule has 2 N–H and O–H groups in total. The molecule has 1 heterocycles. The Labute approximate surface area is 186 Å². The van der Waals surface area contributed by atoms with Crippen molar-refractivity contribution < 1.29 is 9.90 Å². The summed E-state index contributed by atoms with van der Waals surface area (Å²) in [7, 11) is 0. The van der Waals surface area contributed by atoms with Crippen LogP contribution in [-0.2, 0) is 4.79 Å². The number of carboxylic acid groups (broad SMARTS) is 1. The predicted molar refractivity (Wildman–Crippen MR) is 129 cm³/mol. The van der Waals surface area contributed by atoms with Gasteiger partial charge in [-0.15, -0.1) is 0 Å². The second-order valence-electron chi connectivity index (χ2n) is 8.28. The molecule has 4 nitrogen and oxygen atoms in total. The van der Waals surface area contributed by atoms with Crippen molar-refractivity contribution in [3.63, 3.8) is 0 Å². The van der Waals surface area contributed by atoms with Crippen molar-refractivity contribution in [2.75, 3.05) is 0 Å². The Balaban J connectivity index is 1.85. The molecule has 4 heteroatoms. The van der Waals surface area contributed by atoms with E-state index < -0.39 is 5.97 Å². The quantitative estimate of drug-likeness (QED) is 0.279. The zero-order valence-corrected chi connectivity index (χ0v) is 17.7. The first-order chi connectivity index (χ1) is 15.6. The molecular weight excluding hydrogens is 396 g/mol. The van der Waals surface area contributed by atoms with Crippen LogP contribution in [-0.4, -0.2) is 21.3 Å². The standard InChI is InChI=1S/C28H24N2O2/c1-18(28(31)32)23-12-5-6-13-24(23)27(21-14-15-25-22(16-21)17-29-30-25)26(20-10-7-11-20)19-8-3-2-4-9-19/h2-6,8-9,12-17,20H,1,7,10-11H2,(H,29,30)(H,31,32)/b27-26+. The first-order valence-corrected chi connectivity index (χ1v) is 10.9. The normalized spacial score (nSPS) is 14.6. The fourth-order valence-corrected chi connectivity index (χ4v) is 4.53. The number of aliphatic carboxylic acids is 1. The lowest BCUT2D eigenvalue weighted by Crippen LogP contribution is -2.15. The molecule has 3 aromatic carbocycles. The monoisotopic (exact) mass is 420 g/mol. The lowest BCUT2D eigenvalue weighted by Gasteiger charge is -2.32. The van der Waals surface area contributed by atoms with Gasteiger partial charge in [-0.1, -0.05) is 73.7 Å². The zero-order chi connectivity index (χ0) is 22.1. The fraction of sp³-hybridized carbons (Fsp3) is 0.143. The van der Waals surface area contributed by atoms with Gasteiger partial charge in [-0.25, -0.2) is 4.79 Å². The average molecular weight is 421 g/mol. The molecule has 1 saturated carbocycles. The van der Waals surface area contributed by atoms with Crippen molar-refractivity contribution in [1.29, 1.82) is 0 Å². The van der Waals surface area contributed by atoms with Gasteiger partial charge >= 0.3 is 5.97 Å². The first kappa shape index (κ1) is 20.0. The van der Waals surface area contributed by atoms with Crippen molar-refractivity contribution in [2.45, 2.75) is 19.3 Å². The molecule has 0 saturated heterocycles. The van der Waals surface area contributed by atoms with E-state index in [0.717, 1.165) is 40.4 Å². The summed E-state index contributed by atoms with van der Waals surface area (Å²) >= 11 is 0. The molecule has 1 fully saturated rings. The smallest absolute Gasteiger partial charge is 0.335 e. The van der Waals surface area contributed by atoms with E-state index in [1.54, 1.807) is 0 Å². The SMILES string of the molecule is C=C(C(=O)O)c1ccccc1/C(=C(\c1ccccc1)C1CCC1)c1ccc2[nH]ncc2c1. The van der Waals surface area contributed by atoms with E-state index in [2.05, 4.69) is 53.2 Å². The van der Waals surface area contributed by atoms with Crippen LogP contribution >= 0.6 is 0 Å². The van der Waals surface area contributed by atoms with Crippen molar-refractivity contribution in [1.82, 2.24) is 10.2 Å². The highest BCUT2D eigenvalue weighted by atomic mass is 16.4. The van der Waals surface area contributed by atoms with Gasteiger partial charge < -0.3 is 5.11 Å². The highest BCUT2D eigenvalue weighted by molar-refractivity contribution is 6.17. The number of carbonyl (C=O) groups is 1. The van der Waals surface area contributed by atoms with Crippen LogP contribution in [0.4, 0.5) is 0 Å². The number of rotatable bonds is 6. The van der Waals surface area contributed by atoms with Gasteiger partial charge in [0, 0.05) is 5.39 Å². The number of nitrogens with zero attached hydrogens (tertiary/aromatic N) is 1. The van der Waals surface area contributed by atoms with E-state index in [0.29, 0.717) is 11.5 Å². The molecule has 0 unspecified atom stereocenters. The maximum Gasteiger partial charge on any atom is 0.335 e. The molecule has 4 aromatic rings. The second kappa shape index (κ2) is 8.31. The number of benzene rings is 3. The Morgan fingerprint density at radius 1 is 0.938 bits per heavy atom. The number of aromatic nitrogens is 2. The third-order valence-corrected chi connectivity index (χ3v) is 6.38. The van der Waals surface area contributed by atoms with Gasteiger partial charge in [0.2, 0.25) is 0 Å². The highest BCUT2D eigenvalue weighted by Crippen LogP contribution is 2.46. The lowest BCUT2D eigenvalue weighted by atomic mass is 9.72. The lowest BCUT2D eigenvalue weighted by molar-refractivity contribution is -0.130. The molecule has 1 aromatic heterocycles. The zero-order valence-electron chi connectivity index (χ0n) is 17.7. The Morgan fingerprint density at radius 2 is 1.66 bits per heavy atom. The van der Waals surface area contributed by atoms with Crippen LogP contribution in [0.15, 0.2) is 85.6 Å². The summed E-state index contributed by atoms with van der Waals surface area (Å²) < 4.78 is 0. The van der Waals surface area contributed by atoms with E-state index in [9.17, 15) is 9.90 Å². The fourth-order valence-electron chi connectivity index (χ4n) is 4.53. The van der Waals surface area contributed by atoms with Crippen LogP contribution < -0.4 is 0 Å². The summed E-state index contributed by atoms with van der Waals surface area (Å²) in [6, 6.07) is 24.4. The number of carboxylic acids is 1. The molecular formula is C28H24N2O2. The third kappa shape index (κ3) is 3.54. The minimum atomic E-state index is -1.01. The molecule has 158 valence electrons. The van der Waals surface area contributed by atoms with E-state index in [1.165, 1.54) is 17.6 Å². The molecule has 0 atom stereocenters. The van der Waals surface area contributed by atoms with Gasteiger partial charge in [0.25, 0.3) is 0 Å². The number of hydrogen-bond acceptors (Lipinski definition) is 2. The third-order valence-electron chi connectivity index (χ3n) is 6.38. The number of hydrogen-bond donors (Lipinski definition) is 2. The molecule has 32 heavy (non-hydrogen) atoms. The molecule has 0 amide bonds. The molecule has 0 aliphatic heterocycles. The molecule has 5 rings (SSSR count). The minimum absolute atomic E-state index is 0.100. The average Bonchev–Trinajstić information content (AvgIpc) is 3.26. The molecule has 0 spiro atoms. The summed E-state index contributed by atoms with van der Waals surface area (Å²) in [5.74, 6) is -0.578. The maximum atomic E-state index is 11.9. The number of fused-ring (bicyclic) bond motifs is 1.